The van der Waals surface area contributed by atoms with Gasteiger partial charge in [0.05, 0.1) is 11.1 Å². The van der Waals surface area contributed by atoms with Crippen LogP contribution in [0.1, 0.15) is 15.9 Å². The van der Waals surface area contributed by atoms with Gasteiger partial charge in [0.25, 0.3) is 0 Å². The number of alkyl halides is 3. The van der Waals surface area contributed by atoms with E-state index in [-0.39, 0.29) is 11.1 Å². The predicted octanol–water partition coefficient (Wildman–Crippen LogP) is 4.35. The van der Waals surface area contributed by atoms with Gasteiger partial charge >= 0.3 is 12.1 Å². The average molecular weight is 302 g/mol. The quantitative estimate of drug-likeness (QED) is 0.837. The summed E-state index contributed by atoms with van der Waals surface area (Å²) in [6.07, 6.45) is -4.82. The van der Waals surface area contributed by atoms with Gasteiger partial charge in [0.2, 0.25) is 0 Å². The lowest BCUT2D eigenvalue weighted by Gasteiger charge is -2.10. The summed E-state index contributed by atoms with van der Waals surface area (Å²) in [4.78, 5) is 10.8. The van der Waals surface area contributed by atoms with E-state index < -0.39 is 34.9 Å². The first-order valence-electron chi connectivity index (χ1n) is 5.60. The topological polar surface area (TPSA) is 37.3 Å². The van der Waals surface area contributed by atoms with Crippen LogP contribution >= 0.6 is 0 Å². The van der Waals surface area contributed by atoms with Crippen LogP contribution in [0.3, 0.4) is 0 Å². The van der Waals surface area contributed by atoms with E-state index in [1.54, 1.807) is 0 Å². The van der Waals surface area contributed by atoms with Crippen molar-refractivity contribution < 1.29 is 31.9 Å². The smallest absolute Gasteiger partial charge is 0.419 e. The maximum absolute atomic E-state index is 13.5. The van der Waals surface area contributed by atoms with E-state index in [0.29, 0.717) is 12.1 Å². The largest absolute Gasteiger partial charge is 0.478 e. The minimum atomic E-state index is -4.82. The third-order valence-electron chi connectivity index (χ3n) is 2.80. The van der Waals surface area contributed by atoms with E-state index in [1.807, 2.05) is 0 Å². The normalized spacial score (nSPS) is 11.5. The summed E-state index contributed by atoms with van der Waals surface area (Å²) in [5.41, 5.74) is -1.95. The Morgan fingerprint density at radius 1 is 0.905 bits per heavy atom. The van der Waals surface area contributed by atoms with E-state index in [0.717, 1.165) is 24.3 Å². The van der Waals surface area contributed by atoms with Crippen molar-refractivity contribution in [3.05, 3.63) is 59.2 Å². The molecule has 0 aliphatic heterocycles. The molecule has 2 rings (SSSR count). The second kappa shape index (κ2) is 5.16. The van der Waals surface area contributed by atoms with Gasteiger partial charge in [-0.1, -0.05) is 12.1 Å². The molecule has 0 aliphatic rings. The van der Waals surface area contributed by atoms with Gasteiger partial charge in [-0.05, 0) is 35.4 Å². The molecule has 0 aliphatic carbocycles. The summed E-state index contributed by atoms with van der Waals surface area (Å²) in [6, 6.07) is 5.11. The van der Waals surface area contributed by atoms with Gasteiger partial charge in [-0.2, -0.15) is 13.2 Å². The van der Waals surface area contributed by atoms with Crippen molar-refractivity contribution in [3.63, 3.8) is 0 Å². The molecule has 1 N–H and O–H groups in total. The zero-order valence-corrected chi connectivity index (χ0v) is 10.2. The number of halogens is 5. The number of aromatic carboxylic acids is 1. The molecule has 0 saturated carbocycles. The first kappa shape index (κ1) is 15.0. The summed E-state index contributed by atoms with van der Waals surface area (Å²) < 4.78 is 64.0. The Bertz CT molecular complexity index is 707. The highest BCUT2D eigenvalue weighted by atomic mass is 19.4. The van der Waals surface area contributed by atoms with Crippen LogP contribution in [0.25, 0.3) is 11.1 Å². The van der Waals surface area contributed by atoms with Crippen LogP contribution in [0.2, 0.25) is 0 Å². The van der Waals surface area contributed by atoms with Crippen molar-refractivity contribution in [3.8, 4) is 11.1 Å². The van der Waals surface area contributed by atoms with E-state index in [9.17, 15) is 26.7 Å². The molecule has 0 heterocycles. The maximum Gasteiger partial charge on any atom is 0.419 e. The third kappa shape index (κ3) is 3.01. The molecule has 2 nitrogen and oxygen atoms in total. The molecule has 0 aromatic heterocycles. The zero-order valence-electron chi connectivity index (χ0n) is 10.2. The van der Waals surface area contributed by atoms with Crippen molar-refractivity contribution in [2.24, 2.45) is 0 Å². The van der Waals surface area contributed by atoms with Gasteiger partial charge in [-0.25, -0.2) is 13.6 Å². The fourth-order valence-corrected chi connectivity index (χ4v) is 1.79. The first-order valence-corrected chi connectivity index (χ1v) is 5.60. The molecule has 0 amide bonds. The molecular formula is C14H7F5O2. The SMILES string of the molecule is O=C(O)c1cc(-c2ccc(C(F)(F)F)c(F)c2)ccc1F. The minimum Gasteiger partial charge on any atom is -0.478 e. The number of rotatable bonds is 2. The fourth-order valence-electron chi connectivity index (χ4n) is 1.79. The molecule has 0 fully saturated rings. The highest BCUT2D eigenvalue weighted by Crippen LogP contribution is 2.33. The number of hydrogen-bond acceptors (Lipinski definition) is 1. The zero-order chi connectivity index (χ0) is 15.8. The van der Waals surface area contributed by atoms with Gasteiger partial charge < -0.3 is 5.11 Å². The Labute approximate surface area is 115 Å². The van der Waals surface area contributed by atoms with Gasteiger partial charge in [0.15, 0.2) is 0 Å². The molecule has 0 atom stereocenters. The van der Waals surface area contributed by atoms with Crippen LogP contribution in [-0.4, -0.2) is 11.1 Å². The van der Waals surface area contributed by atoms with Crippen molar-refractivity contribution >= 4 is 5.97 Å². The molecule has 110 valence electrons. The summed E-state index contributed by atoms with van der Waals surface area (Å²) >= 11 is 0. The van der Waals surface area contributed by atoms with Crippen LogP contribution in [0.5, 0.6) is 0 Å². The number of carboxylic acid groups (broad SMARTS) is 1. The predicted molar refractivity (Wildman–Crippen MR) is 63.8 cm³/mol. The second-order valence-electron chi connectivity index (χ2n) is 4.19. The lowest BCUT2D eigenvalue weighted by molar-refractivity contribution is -0.139. The molecule has 7 heteroatoms. The van der Waals surface area contributed by atoms with Gasteiger partial charge in [-0.15, -0.1) is 0 Å². The van der Waals surface area contributed by atoms with Crippen molar-refractivity contribution in [1.82, 2.24) is 0 Å². The molecule has 0 unspecified atom stereocenters. The maximum atomic E-state index is 13.5. The fraction of sp³-hybridized carbons (Fsp3) is 0.0714. The number of carbonyl (C=O) groups is 1. The van der Waals surface area contributed by atoms with Crippen LogP contribution in [0.4, 0.5) is 22.0 Å². The Morgan fingerprint density at radius 2 is 1.48 bits per heavy atom. The number of benzene rings is 2. The summed E-state index contributed by atoms with van der Waals surface area (Å²) in [5, 5.41) is 8.78. The Hall–Kier alpha value is -2.44. The van der Waals surface area contributed by atoms with Gasteiger partial charge in [0.1, 0.15) is 11.6 Å². The molecular weight excluding hydrogens is 295 g/mol. The molecule has 0 spiro atoms. The van der Waals surface area contributed by atoms with Crippen LogP contribution < -0.4 is 0 Å². The van der Waals surface area contributed by atoms with E-state index >= 15 is 0 Å². The summed E-state index contributed by atoms with van der Waals surface area (Å²) in [5.74, 6) is -4.00. The Morgan fingerprint density at radius 3 is 2.00 bits per heavy atom. The lowest BCUT2D eigenvalue weighted by atomic mass is 10.0. The van der Waals surface area contributed by atoms with Crippen LogP contribution in [0, 0.1) is 11.6 Å². The summed E-state index contributed by atoms with van der Waals surface area (Å²) in [7, 11) is 0. The first-order chi connectivity index (χ1) is 9.70. The monoisotopic (exact) mass is 302 g/mol. The third-order valence-corrected chi connectivity index (χ3v) is 2.80. The molecule has 0 saturated heterocycles. The van der Waals surface area contributed by atoms with Crippen molar-refractivity contribution in [2.75, 3.05) is 0 Å². The number of carboxylic acids is 1. The van der Waals surface area contributed by atoms with E-state index in [2.05, 4.69) is 0 Å². The van der Waals surface area contributed by atoms with E-state index in [1.165, 1.54) is 0 Å². The van der Waals surface area contributed by atoms with Gasteiger partial charge in [0, 0.05) is 0 Å². The molecule has 2 aromatic rings. The standard InChI is InChI=1S/C14H7F5O2/c15-11-4-2-7(5-9(11)13(20)21)8-1-3-10(12(16)6-8)14(17,18)19/h1-6H,(H,20,21). The lowest BCUT2D eigenvalue weighted by Crippen LogP contribution is -2.08. The van der Waals surface area contributed by atoms with E-state index in [4.69, 9.17) is 5.11 Å². The van der Waals surface area contributed by atoms with Crippen molar-refractivity contribution in [1.29, 1.82) is 0 Å². The highest BCUT2D eigenvalue weighted by Gasteiger charge is 2.33. The molecule has 0 bridgehead atoms. The Kier molecular flexibility index (Phi) is 3.67. The second-order valence-corrected chi connectivity index (χ2v) is 4.19. The Balaban J connectivity index is 2.51. The molecule has 21 heavy (non-hydrogen) atoms. The van der Waals surface area contributed by atoms with Crippen LogP contribution in [0.15, 0.2) is 36.4 Å². The summed E-state index contributed by atoms with van der Waals surface area (Å²) in [6.45, 7) is 0. The minimum absolute atomic E-state index is 0.0167. The van der Waals surface area contributed by atoms with Crippen molar-refractivity contribution in [2.45, 2.75) is 6.18 Å². The molecule has 0 radical (unpaired) electrons. The molecule has 2 aromatic carbocycles. The average Bonchev–Trinajstić information content (AvgIpc) is 2.37. The number of hydrogen-bond donors (Lipinski definition) is 1. The van der Waals surface area contributed by atoms with Gasteiger partial charge in [-0.3, -0.25) is 0 Å². The van der Waals surface area contributed by atoms with Crippen LogP contribution in [-0.2, 0) is 6.18 Å². The highest BCUT2D eigenvalue weighted by molar-refractivity contribution is 5.89.